The summed E-state index contributed by atoms with van der Waals surface area (Å²) >= 11 is 3.04. The molecule has 0 fully saturated rings. The van der Waals surface area contributed by atoms with Gasteiger partial charge in [0.15, 0.2) is 4.60 Å². The van der Waals surface area contributed by atoms with Crippen molar-refractivity contribution >= 4 is 42.7 Å². The molecule has 0 bridgehead atoms. The molecule has 3 rings (SSSR count). The van der Waals surface area contributed by atoms with Crippen molar-refractivity contribution in [2.75, 3.05) is 4.72 Å². The molecule has 3 N–H and O–H groups in total. The van der Waals surface area contributed by atoms with Crippen molar-refractivity contribution in [1.82, 2.24) is 25.0 Å². The molecular formula is C10H9BrN6O3S. The lowest BCUT2D eigenvalue weighted by Crippen LogP contribution is -2.17. The van der Waals surface area contributed by atoms with Gasteiger partial charge in [-0.1, -0.05) is 5.21 Å². The summed E-state index contributed by atoms with van der Waals surface area (Å²) in [6.07, 6.45) is 0. The number of nitrogens with one attached hydrogen (secondary N) is 3. The third-order valence-electron chi connectivity index (χ3n) is 2.76. The molecule has 0 aliphatic carbocycles. The number of hydrogen-bond donors (Lipinski definition) is 3. The van der Waals surface area contributed by atoms with Crippen molar-refractivity contribution in [3.63, 3.8) is 0 Å². The molecule has 0 saturated carbocycles. The van der Waals surface area contributed by atoms with Gasteiger partial charge in [-0.2, -0.15) is 8.42 Å². The Kier molecular flexibility index (Phi) is 3.10. The largest absolute Gasteiger partial charge is 0.323 e. The van der Waals surface area contributed by atoms with Crippen molar-refractivity contribution in [2.24, 2.45) is 7.05 Å². The van der Waals surface area contributed by atoms with Crippen LogP contribution >= 0.6 is 15.9 Å². The van der Waals surface area contributed by atoms with Crippen LogP contribution in [-0.2, 0) is 17.1 Å². The molecule has 9 nitrogen and oxygen atoms in total. The number of aromatic amines is 2. The highest BCUT2D eigenvalue weighted by Crippen LogP contribution is 2.22. The third kappa shape index (κ3) is 2.45. The molecule has 11 heteroatoms. The second-order valence-electron chi connectivity index (χ2n) is 4.25. The lowest BCUT2D eigenvalue weighted by atomic mass is 10.3. The average molecular weight is 373 g/mol. The fourth-order valence-electron chi connectivity index (χ4n) is 1.91. The van der Waals surface area contributed by atoms with E-state index >= 15 is 0 Å². The Morgan fingerprint density at radius 2 is 2.00 bits per heavy atom. The van der Waals surface area contributed by atoms with E-state index in [0.29, 0.717) is 16.7 Å². The predicted octanol–water partition coefficient (Wildman–Crippen LogP) is 0.548. The minimum Gasteiger partial charge on any atom is -0.306 e. The summed E-state index contributed by atoms with van der Waals surface area (Å²) in [6.45, 7) is 0. The molecular weight excluding hydrogens is 364 g/mol. The Labute approximate surface area is 126 Å². The van der Waals surface area contributed by atoms with Gasteiger partial charge in [0.05, 0.1) is 16.7 Å². The quantitative estimate of drug-likeness (QED) is 0.618. The van der Waals surface area contributed by atoms with E-state index in [-0.39, 0.29) is 15.3 Å². The standard InChI is InChI=1S/C10H9BrN6O3S/c1-17-9(8(11)14-16-17)21(19,20)15-5-2-3-6-7(4-5)13-10(18)12-6/h2-4,15H,1H3,(H2,12,13,18). The summed E-state index contributed by atoms with van der Waals surface area (Å²) in [6, 6.07) is 4.66. The van der Waals surface area contributed by atoms with Crippen molar-refractivity contribution in [3.8, 4) is 0 Å². The lowest BCUT2D eigenvalue weighted by Gasteiger charge is -2.07. The first kappa shape index (κ1) is 13.8. The highest BCUT2D eigenvalue weighted by molar-refractivity contribution is 9.10. The number of sulfonamides is 1. The van der Waals surface area contributed by atoms with Crippen LogP contribution in [0.5, 0.6) is 0 Å². The van der Waals surface area contributed by atoms with Crippen molar-refractivity contribution < 1.29 is 8.42 Å². The molecule has 0 atom stereocenters. The zero-order valence-electron chi connectivity index (χ0n) is 10.6. The molecule has 2 heterocycles. The Balaban J connectivity index is 2.03. The Morgan fingerprint density at radius 1 is 1.29 bits per heavy atom. The first-order chi connectivity index (χ1) is 9.87. The Bertz CT molecular complexity index is 966. The van der Waals surface area contributed by atoms with E-state index in [2.05, 4.69) is 40.9 Å². The summed E-state index contributed by atoms with van der Waals surface area (Å²) < 4.78 is 28.3. The van der Waals surface area contributed by atoms with Crippen molar-refractivity contribution in [2.45, 2.75) is 5.03 Å². The van der Waals surface area contributed by atoms with Crippen LogP contribution in [0.15, 0.2) is 32.6 Å². The van der Waals surface area contributed by atoms with Gasteiger partial charge in [-0.05, 0) is 34.1 Å². The zero-order valence-corrected chi connectivity index (χ0v) is 13.0. The SMILES string of the molecule is Cn1nnc(Br)c1S(=O)(=O)Nc1ccc2[nH]c(=O)[nH]c2c1. The summed E-state index contributed by atoms with van der Waals surface area (Å²) in [5, 5.41) is 7.17. The molecule has 110 valence electrons. The monoisotopic (exact) mass is 372 g/mol. The number of fused-ring (bicyclic) bond motifs is 1. The smallest absolute Gasteiger partial charge is 0.306 e. The van der Waals surface area contributed by atoms with Gasteiger partial charge >= 0.3 is 5.69 Å². The highest BCUT2D eigenvalue weighted by Gasteiger charge is 2.24. The van der Waals surface area contributed by atoms with Gasteiger partial charge in [-0.3, -0.25) is 4.72 Å². The van der Waals surface area contributed by atoms with E-state index in [4.69, 9.17) is 0 Å². The molecule has 0 unspecified atom stereocenters. The van der Waals surface area contributed by atoms with Crippen LogP contribution in [0.3, 0.4) is 0 Å². The molecule has 3 aromatic rings. The fourth-order valence-corrected chi connectivity index (χ4v) is 4.06. The van der Waals surface area contributed by atoms with Gasteiger partial charge in [0.1, 0.15) is 0 Å². The minimum atomic E-state index is -3.85. The fraction of sp³-hybridized carbons (Fsp3) is 0.100. The maximum atomic E-state index is 12.3. The zero-order chi connectivity index (χ0) is 15.2. The number of H-pyrrole nitrogens is 2. The predicted molar refractivity (Wildman–Crippen MR) is 78.4 cm³/mol. The summed E-state index contributed by atoms with van der Waals surface area (Å²) in [7, 11) is -2.38. The van der Waals surface area contributed by atoms with Gasteiger partial charge in [0.2, 0.25) is 5.03 Å². The van der Waals surface area contributed by atoms with E-state index in [0.717, 1.165) is 4.68 Å². The summed E-state index contributed by atoms with van der Waals surface area (Å²) in [4.78, 5) is 16.3. The lowest BCUT2D eigenvalue weighted by molar-refractivity contribution is 0.578. The van der Waals surface area contributed by atoms with Crippen LogP contribution in [-0.4, -0.2) is 33.4 Å². The molecule has 0 aliphatic heterocycles. The van der Waals surface area contributed by atoms with E-state index < -0.39 is 10.0 Å². The van der Waals surface area contributed by atoms with E-state index in [1.54, 1.807) is 12.1 Å². The van der Waals surface area contributed by atoms with E-state index in [1.807, 2.05) is 0 Å². The molecule has 0 spiro atoms. The topological polar surface area (TPSA) is 126 Å². The minimum absolute atomic E-state index is 0.0924. The van der Waals surface area contributed by atoms with Gasteiger partial charge in [-0.15, -0.1) is 5.10 Å². The van der Waals surface area contributed by atoms with E-state index in [1.165, 1.54) is 13.1 Å². The number of nitrogens with zero attached hydrogens (tertiary/aromatic N) is 3. The number of halogens is 1. The third-order valence-corrected chi connectivity index (χ3v) is 5.03. The van der Waals surface area contributed by atoms with Crippen LogP contribution < -0.4 is 10.4 Å². The molecule has 0 aliphatic rings. The number of aromatic nitrogens is 5. The molecule has 2 aromatic heterocycles. The summed E-state index contributed by atoms with van der Waals surface area (Å²) in [5.41, 5.74) is 1.04. The second kappa shape index (κ2) is 4.70. The number of rotatable bonds is 3. The Morgan fingerprint density at radius 3 is 2.67 bits per heavy atom. The van der Waals surface area contributed by atoms with Gasteiger partial charge in [0.25, 0.3) is 10.0 Å². The van der Waals surface area contributed by atoms with Gasteiger partial charge in [-0.25, -0.2) is 9.48 Å². The first-order valence-corrected chi connectivity index (χ1v) is 7.94. The number of hydrogen-bond acceptors (Lipinski definition) is 5. The molecule has 0 amide bonds. The van der Waals surface area contributed by atoms with Crippen LogP contribution in [0.1, 0.15) is 0 Å². The number of anilines is 1. The van der Waals surface area contributed by atoms with Gasteiger partial charge in [0, 0.05) is 7.05 Å². The maximum absolute atomic E-state index is 12.3. The van der Waals surface area contributed by atoms with Crippen LogP contribution in [0, 0.1) is 0 Å². The van der Waals surface area contributed by atoms with E-state index in [9.17, 15) is 13.2 Å². The average Bonchev–Trinajstić information content (AvgIpc) is 2.90. The molecule has 0 radical (unpaired) electrons. The second-order valence-corrected chi connectivity index (χ2v) is 6.60. The first-order valence-electron chi connectivity index (χ1n) is 5.67. The van der Waals surface area contributed by atoms with Crippen molar-refractivity contribution in [3.05, 3.63) is 33.3 Å². The van der Waals surface area contributed by atoms with Crippen LogP contribution in [0.2, 0.25) is 0 Å². The van der Waals surface area contributed by atoms with Crippen LogP contribution in [0.4, 0.5) is 5.69 Å². The normalized spacial score (nSPS) is 11.9. The molecule has 0 saturated heterocycles. The Hall–Kier alpha value is -2.14. The number of imidazole rings is 1. The van der Waals surface area contributed by atoms with Crippen LogP contribution in [0.25, 0.3) is 11.0 Å². The summed E-state index contributed by atoms with van der Waals surface area (Å²) in [5.74, 6) is 0. The highest BCUT2D eigenvalue weighted by atomic mass is 79.9. The maximum Gasteiger partial charge on any atom is 0.323 e. The number of benzene rings is 1. The number of aryl methyl sites for hydroxylation is 1. The molecule has 1 aromatic carbocycles. The molecule has 21 heavy (non-hydrogen) atoms. The van der Waals surface area contributed by atoms with Gasteiger partial charge < -0.3 is 9.97 Å². The van der Waals surface area contributed by atoms with Crippen molar-refractivity contribution in [1.29, 1.82) is 0 Å².